The Hall–Kier alpha value is -1.62. The normalized spacial score (nSPS) is 34.7. The zero-order chi connectivity index (χ0) is 18.3. The lowest BCUT2D eigenvalue weighted by atomic mass is 9.84. The molecule has 1 amide bonds. The van der Waals surface area contributed by atoms with Crippen LogP contribution in [0.15, 0.2) is 18.3 Å². The second kappa shape index (κ2) is 7.18. The number of ether oxygens (including phenoxy) is 1. The molecular weight excluding hydrogens is 326 g/mol. The maximum Gasteiger partial charge on any atom is 0.270 e. The van der Waals surface area contributed by atoms with Gasteiger partial charge in [-0.05, 0) is 69.9 Å². The summed E-state index contributed by atoms with van der Waals surface area (Å²) in [4.78, 5) is 19.4. The molecule has 1 N–H and O–H groups in total. The highest BCUT2D eigenvalue weighted by Crippen LogP contribution is 2.49. The molecule has 1 aliphatic heterocycles. The molecule has 26 heavy (non-hydrogen) atoms. The summed E-state index contributed by atoms with van der Waals surface area (Å²) in [6.07, 6.45) is 7.52. The quantitative estimate of drug-likeness (QED) is 0.899. The maximum absolute atomic E-state index is 12.8. The van der Waals surface area contributed by atoms with Crippen LogP contribution in [-0.2, 0) is 4.74 Å². The fourth-order valence-electron chi connectivity index (χ4n) is 5.42. The highest BCUT2D eigenvalue weighted by molar-refractivity contribution is 5.93. The Bertz CT molecular complexity index is 654. The highest BCUT2D eigenvalue weighted by atomic mass is 16.5. The number of carbonyl (C=O) groups excluding carboxylic acids is 1. The van der Waals surface area contributed by atoms with E-state index in [1.807, 2.05) is 12.1 Å². The van der Waals surface area contributed by atoms with Gasteiger partial charge >= 0.3 is 0 Å². The molecule has 4 rings (SSSR count). The summed E-state index contributed by atoms with van der Waals surface area (Å²) in [6.45, 7) is 8.04. The molecule has 2 heterocycles. The number of anilines is 1. The van der Waals surface area contributed by atoms with Crippen molar-refractivity contribution in [3.63, 3.8) is 0 Å². The number of carbonyl (C=O) groups is 1. The first-order valence-electron chi connectivity index (χ1n) is 10.2. The Kier molecular flexibility index (Phi) is 4.91. The standard InChI is InChI=1S/C21H31N3O2/c1-13-11-24(12-14(2)26-13)18-6-7-22-20(10-18)21(25)23-15(3)19-9-16-4-5-17(19)8-16/h6-7,10,13-17,19H,4-5,8-9,11-12H2,1-3H3,(H,23,25)/t13-,14+,15-,16+,17+,19-/m1/s1. The number of hydrogen-bond donors (Lipinski definition) is 1. The van der Waals surface area contributed by atoms with Gasteiger partial charge in [-0.2, -0.15) is 0 Å². The Labute approximate surface area is 156 Å². The van der Waals surface area contributed by atoms with Gasteiger partial charge in [0.1, 0.15) is 5.69 Å². The second-order valence-corrected chi connectivity index (χ2v) is 8.66. The number of aromatic nitrogens is 1. The molecular formula is C21H31N3O2. The van der Waals surface area contributed by atoms with Gasteiger partial charge in [-0.15, -0.1) is 0 Å². The minimum Gasteiger partial charge on any atom is -0.372 e. The first kappa shape index (κ1) is 17.8. The Balaban J connectivity index is 1.41. The van der Waals surface area contributed by atoms with Crippen molar-refractivity contribution in [3.8, 4) is 0 Å². The SMILES string of the molecule is C[C@@H]1CN(c2ccnc(C(=O)N[C@H](C)[C@H]3C[C@H]4CC[C@H]3C4)c2)C[C@H](C)O1. The van der Waals surface area contributed by atoms with Crippen LogP contribution in [0.5, 0.6) is 0 Å². The summed E-state index contributed by atoms with van der Waals surface area (Å²) in [5.41, 5.74) is 1.57. The maximum atomic E-state index is 12.8. The molecule has 2 aliphatic carbocycles. The zero-order valence-corrected chi connectivity index (χ0v) is 16.1. The lowest BCUT2D eigenvalue weighted by molar-refractivity contribution is -0.00522. The van der Waals surface area contributed by atoms with Crippen molar-refractivity contribution in [3.05, 3.63) is 24.0 Å². The van der Waals surface area contributed by atoms with Crippen molar-refractivity contribution in [2.75, 3.05) is 18.0 Å². The predicted molar refractivity (Wildman–Crippen MR) is 102 cm³/mol. The van der Waals surface area contributed by atoms with Gasteiger partial charge in [0.2, 0.25) is 0 Å². The molecule has 3 aliphatic rings. The predicted octanol–water partition coefficient (Wildman–Crippen LogP) is 3.25. The summed E-state index contributed by atoms with van der Waals surface area (Å²) >= 11 is 0. The molecule has 2 bridgehead atoms. The summed E-state index contributed by atoms with van der Waals surface area (Å²) in [5.74, 6) is 2.31. The van der Waals surface area contributed by atoms with Crippen LogP contribution >= 0.6 is 0 Å². The lowest BCUT2D eigenvalue weighted by Crippen LogP contribution is -2.45. The molecule has 0 spiro atoms. The molecule has 1 aromatic heterocycles. The van der Waals surface area contributed by atoms with E-state index in [9.17, 15) is 4.79 Å². The molecule has 3 fully saturated rings. The first-order chi connectivity index (χ1) is 12.5. The molecule has 2 saturated carbocycles. The first-order valence-corrected chi connectivity index (χ1v) is 10.2. The van der Waals surface area contributed by atoms with E-state index in [1.165, 1.54) is 25.7 Å². The number of nitrogens with one attached hydrogen (secondary N) is 1. The summed E-state index contributed by atoms with van der Waals surface area (Å²) < 4.78 is 5.81. The Morgan fingerprint density at radius 3 is 2.69 bits per heavy atom. The van der Waals surface area contributed by atoms with Crippen LogP contribution < -0.4 is 10.2 Å². The summed E-state index contributed by atoms with van der Waals surface area (Å²) in [5, 5.41) is 3.23. The lowest BCUT2D eigenvalue weighted by Gasteiger charge is -2.36. The number of fused-ring (bicyclic) bond motifs is 2. The number of rotatable bonds is 4. The minimum absolute atomic E-state index is 0.0449. The molecule has 6 atom stereocenters. The minimum atomic E-state index is -0.0449. The smallest absolute Gasteiger partial charge is 0.270 e. The van der Waals surface area contributed by atoms with Gasteiger partial charge in [0, 0.05) is 31.0 Å². The van der Waals surface area contributed by atoms with Crippen molar-refractivity contribution in [2.24, 2.45) is 17.8 Å². The topological polar surface area (TPSA) is 54.5 Å². The molecule has 142 valence electrons. The molecule has 0 unspecified atom stereocenters. The third kappa shape index (κ3) is 3.59. The van der Waals surface area contributed by atoms with Gasteiger partial charge in [-0.1, -0.05) is 6.42 Å². The highest BCUT2D eigenvalue weighted by Gasteiger charge is 2.42. The van der Waals surface area contributed by atoms with E-state index in [-0.39, 0.29) is 24.2 Å². The van der Waals surface area contributed by atoms with E-state index in [0.717, 1.165) is 30.6 Å². The van der Waals surface area contributed by atoms with E-state index in [0.29, 0.717) is 11.6 Å². The number of amides is 1. The van der Waals surface area contributed by atoms with Crippen LogP contribution in [0.2, 0.25) is 0 Å². The average Bonchev–Trinajstić information content (AvgIpc) is 3.24. The van der Waals surface area contributed by atoms with Crippen molar-refractivity contribution in [1.82, 2.24) is 10.3 Å². The van der Waals surface area contributed by atoms with Crippen LogP contribution in [0.1, 0.15) is 56.9 Å². The van der Waals surface area contributed by atoms with Crippen molar-refractivity contribution >= 4 is 11.6 Å². The van der Waals surface area contributed by atoms with Crippen molar-refractivity contribution < 1.29 is 9.53 Å². The van der Waals surface area contributed by atoms with E-state index in [4.69, 9.17) is 4.74 Å². The van der Waals surface area contributed by atoms with E-state index < -0.39 is 0 Å². The van der Waals surface area contributed by atoms with Crippen LogP contribution in [0, 0.1) is 17.8 Å². The number of nitrogens with zero attached hydrogens (tertiary/aromatic N) is 2. The molecule has 1 aromatic rings. The fourth-order valence-corrected chi connectivity index (χ4v) is 5.42. The van der Waals surface area contributed by atoms with Gasteiger partial charge in [-0.25, -0.2) is 0 Å². The van der Waals surface area contributed by atoms with Crippen molar-refractivity contribution in [1.29, 1.82) is 0 Å². The van der Waals surface area contributed by atoms with Gasteiger partial charge in [0.05, 0.1) is 12.2 Å². The summed E-state index contributed by atoms with van der Waals surface area (Å²) in [7, 11) is 0. The number of morpholine rings is 1. The molecule has 0 aromatic carbocycles. The zero-order valence-electron chi connectivity index (χ0n) is 16.1. The van der Waals surface area contributed by atoms with Crippen LogP contribution in [0.25, 0.3) is 0 Å². The van der Waals surface area contributed by atoms with E-state index in [1.54, 1.807) is 6.20 Å². The number of pyridine rings is 1. The van der Waals surface area contributed by atoms with Gasteiger partial charge in [-0.3, -0.25) is 9.78 Å². The third-order valence-electron chi connectivity index (χ3n) is 6.55. The second-order valence-electron chi connectivity index (χ2n) is 8.66. The van der Waals surface area contributed by atoms with Crippen LogP contribution in [0.3, 0.4) is 0 Å². The summed E-state index contributed by atoms with van der Waals surface area (Å²) in [6, 6.07) is 4.14. The van der Waals surface area contributed by atoms with Gasteiger partial charge in [0.25, 0.3) is 5.91 Å². The molecule has 5 heteroatoms. The molecule has 1 saturated heterocycles. The molecule has 5 nitrogen and oxygen atoms in total. The fraction of sp³-hybridized carbons (Fsp3) is 0.714. The van der Waals surface area contributed by atoms with Crippen LogP contribution in [-0.4, -0.2) is 42.2 Å². The largest absolute Gasteiger partial charge is 0.372 e. The Morgan fingerprint density at radius 2 is 2.04 bits per heavy atom. The molecule has 0 radical (unpaired) electrons. The van der Waals surface area contributed by atoms with Crippen molar-refractivity contribution in [2.45, 2.75) is 64.7 Å². The van der Waals surface area contributed by atoms with E-state index >= 15 is 0 Å². The Morgan fingerprint density at radius 1 is 1.27 bits per heavy atom. The third-order valence-corrected chi connectivity index (χ3v) is 6.55. The van der Waals surface area contributed by atoms with Gasteiger partial charge in [0.15, 0.2) is 0 Å². The monoisotopic (exact) mass is 357 g/mol. The number of hydrogen-bond acceptors (Lipinski definition) is 4. The average molecular weight is 357 g/mol. The van der Waals surface area contributed by atoms with E-state index in [2.05, 4.69) is 36.0 Å². The van der Waals surface area contributed by atoms with Crippen LogP contribution in [0.4, 0.5) is 5.69 Å². The van der Waals surface area contributed by atoms with Gasteiger partial charge < -0.3 is 15.0 Å².